The lowest BCUT2D eigenvalue weighted by molar-refractivity contribution is 0.102. The minimum Gasteiger partial charge on any atom is -0.306 e. The lowest BCUT2D eigenvalue weighted by Gasteiger charge is -2.04. The molecule has 2 N–H and O–H groups in total. The van der Waals surface area contributed by atoms with Crippen molar-refractivity contribution in [3.8, 4) is 0 Å². The molecule has 0 bridgehead atoms. The van der Waals surface area contributed by atoms with Crippen molar-refractivity contribution < 1.29 is 4.79 Å². The van der Waals surface area contributed by atoms with Crippen LogP contribution in [0.1, 0.15) is 10.4 Å². The topological polar surface area (TPSA) is 70.7 Å². The molecule has 2 heterocycles. The van der Waals surface area contributed by atoms with E-state index in [1.807, 2.05) is 18.2 Å². The van der Waals surface area contributed by atoms with Crippen LogP contribution < -0.4 is 5.32 Å². The van der Waals surface area contributed by atoms with Crippen LogP contribution in [0.3, 0.4) is 0 Å². The molecule has 3 aromatic rings. The Morgan fingerprint density at radius 1 is 1.17 bits per heavy atom. The Labute approximate surface area is 103 Å². The van der Waals surface area contributed by atoms with Crippen molar-refractivity contribution in [2.75, 3.05) is 5.32 Å². The van der Waals surface area contributed by atoms with Gasteiger partial charge in [0.05, 0.1) is 17.3 Å². The summed E-state index contributed by atoms with van der Waals surface area (Å²) >= 11 is 0. The molecular formula is C13H10N4O. The quantitative estimate of drug-likeness (QED) is 0.719. The fourth-order valence-corrected chi connectivity index (χ4v) is 1.78. The summed E-state index contributed by atoms with van der Waals surface area (Å²) in [6, 6.07) is 10.8. The van der Waals surface area contributed by atoms with Crippen LogP contribution in [-0.2, 0) is 0 Å². The van der Waals surface area contributed by atoms with Gasteiger partial charge in [0.25, 0.3) is 5.91 Å². The lowest BCUT2D eigenvalue weighted by atomic mass is 10.1. The third-order valence-corrected chi connectivity index (χ3v) is 2.63. The monoisotopic (exact) mass is 238 g/mol. The maximum absolute atomic E-state index is 12.1. The summed E-state index contributed by atoms with van der Waals surface area (Å²) in [7, 11) is 0. The van der Waals surface area contributed by atoms with Gasteiger partial charge in [-0.15, -0.1) is 0 Å². The highest BCUT2D eigenvalue weighted by Gasteiger charge is 2.11. The molecule has 2 aromatic heterocycles. The summed E-state index contributed by atoms with van der Waals surface area (Å²) in [6.45, 7) is 0. The molecule has 88 valence electrons. The highest BCUT2D eigenvalue weighted by atomic mass is 16.1. The average molecular weight is 238 g/mol. The summed E-state index contributed by atoms with van der Waals surface area (Å²) in [5.74, 6) is 0.322. The zero-order chi connectivity index (χ0) is 12.4. The van der Waals surface area contributed by atoms with E-state index >= 15 is 0 Å². The van der Waals surface area contributed by atoms with E-state index in [-0.39, 0.29) is 5.91 Å². The number of benzene rings is 1. The van der Waals surface area contributed by atoms with E-state index in [1.54, 1.807) is 30.6 Å². The van der Waals surface area contributed by atoms with E-state index in [1.165, 1.54) is 0 Å². The number of carbonyl (C=O) groups excluding carboxylic acids is 1. The SMILES string of the molecule is O=C(Nc1ccccn1)c1cccc2cn[nH]c12. The summed E-state index contributed by atoms with van der Waals surface area (Å²) in [6.07, 6.45) is 3.32. The Balaban J connectivity index is 1.95. The van der Waals surface area contributed by atoms with E-state index in [0.29, 0.717) is 11.4 Å². The van der Waals surface area contributed by atoms with Gasteiger partial charge in [-0.1, -0.05) is 18.2 Å². The van der Waals surface area contributed by atoms with Gasteiger partial charge < -0.3 is 5.32 Å². The number of pyridine rings is 1. The number of aromatic nitrogens is 3. The van der Waals surface area contributed by atoms with Crippen molar-refractivity contribution in [3.05, 3.63) is 54.4 Å². The summed E-state index contributed by atoms with van der Waals surface area (Å²) < 4.78 is 0. The second-order valence-electron chi connectivity index (χ2n) is 3.81. The standard InChI is InChI=1S/C13H10N4O/c18-13(16-11-6-1-2-7-14-11)10-5-3-4-9-8-15-17-12(9)10/h1-8H,(H,15,17)(H,14,16,18). The van der Waals surface area contributed by atoms with Crippen LogP contribution in [0.5, 0.6) is 0 Å². The number of para-hydroxylation sites is 1. The number of nitrogens with zero attached hydrogens (tertiary/aromatic N) is 2. The molecule has 5 heteroatoms. The van der Waals surface area contributed by atoms with E-state index in [2.05, 4.69) is 20.5 Å². The maximum atomic E-state index is 12.1. The molecule has 0 fully saturated rings. The summed E-state index contributed by atoms with van der Waals surface area (Å²) in [4.78, 5) is 16.2. The minimum absolute atomic E-state index is 0.205. The smallest absolute Gasteiger partial charge is 0.259 e. The van der Waals surface area contributed by atoms with Gasteiger partial charge in [-0.3, -0.25) is 9.89 Å². The molecule has 1 aromatic carbocycles. The Bertz CT molecular complexity index is 690. The van der Waals surface area contributed by atoms with Gasteiger partial charge in [-0.05, 0) is 18.2 Å². The van der Waals surface area contributed by atoms with Gasteiger partial charge in [0.1, 0.15) is 5.82 Å². The van der Waals surface area contributed by atoms with Crippen LogP contribution in [0.4, 0.5) is 5.82 Å². The molecule has 0 aliphatic carbocycles. The van der Waals surface area contributed by atoms with Crippen LogP contribution in [-0.4, -0.2) is 21.1 Å². The number of amides is 1. The molecule has 5 nitrogen and oxygen atoms in total. The van der Waals surface area contributed by atoms with Crippen molar-refractivity contribution >= 4 is 22.6 Å². The predicted octanol–water partition coefficient (Wildman–Crippen LogP) is 2.21. The second-order valence-corrected chi connectivity index (χ2v) is 3.81. The fourth-order valence-electron chi connectivity index (χ4n) is 1.78. The zero-order valence-corrected chi connectivity index (χ0v) is 9.42. The normalized spacial score (nSPS) is 10.4. The average Bonchev–Trinajstić information content (AvgIpc) is 2.87. The van der Waals surface area contributed by atoms with Crippen LogP contribution in [0.15, 0.2) is 48.8 Å². The van der Waals surface area contributed by atoms with Crippen molar-refractivity contribution in [1.82, 2.24) is 15.2 Å². The van der Waals surface area contributed by atoms with Crippen molar-refractivity contribution in [2.24, 2.45) is 0 Å². The zero-order valence-electron chi connectivity index (χ0n) is 9.42. The molecule has 0 spiro atoms. The van der Waals surface area contributed by atoms with Gasteiger partial charge in [0.15, 0.2) is 0 Å². The van der Waals surface area contributed by atoms with Gasteiger partial charge >= 0.3 is 0 Å². The number of rotatable bonds is 2. The van der Waals surface area contributed by atoms with E-state index < -0.39 is 0 Å². The molecule has 0 aliphatic rings. The second kappa shape index (κ2) is 4.29. The lowest BCUT2D eigenvalue weighted by Crippen LogP contribution is -2.13. The first kappa shape index (κ1) is 10.5. The van der Waals surface area contributed by atoms with Gasteiger partial charge in [-0.2, -0.15) is 5.10 Å². The molecule has 0 saturated carbocycles. The van der Waals surface area contributed by atoms with Crippen LogP contribution >= 0.6 is 0 Å². The van der Waals surface area contributed by atoms with E-state index in [4.69, 9.17) is 0 Å². The number of nitrogens with one attached hydrogen (secondary N) is 2. The Morgan fingerprint density at radius 3 is 2.94 bits per heavy atom. The molecule has 3 rings (SSSR count). The molecule has 0 unspecified atom stereocenters. The minimum atomic E-state index is -0.205. The Kier molecular flexibility index (Phi) is 2.49. The number of carbonyl (C=O) groups is 1. The number of fused-ring (bicyclic) bond motifs is 1. The largest absolute Gasteiger partial charge is 0.306 e. The Morgan fingerprint density at radius 2 is 2.11 bits per heavy atom. The third-order valence-electron chi connectivity index (χ3n) is 2.63. The van der Waals surface area contributed by atoms with Gasteiger partial charge in [-0.25, -0.2) is 4.98 Å². The highest BCUT2D eigenvalue weighted by molar-refractivity contribution is 6.11. The number of hydrogen-bond acceptors (Lipinski definition) is 3. The first-order valence-corrected chi connectivity index (χ1v) is 5.49. The van der Waals surface area contributed by atoms with Crippen LogP contribution in [0, 0.1) is 0 Å². The molecule has 0 atom stereocenters. The molecule has 0 saturated heterocycles. The van der Waals surface area contributed by atoms with Crippen molar-refractivity contribution in [1.29, 1.82) is 0 Å². The molecular weight excluding hydrogens is 228 g/mol. The molecule has 1 amide bonds. The number of aromatic amines is 1. The van der Waals surface area contributed by atoms with Crippen molar-refractivity contribution in [3.63, 3.8) is 0 Å². The van der Waals surface area contributed by atoms with Gasteiger partial charge in [0.2, 0.25) is 0 Å². The van der Waals surface area contributed by atoms with E-state index in [0.717, 1.165) is 10.9 Å². The van der Waals surface area contributed by atoms with E-state index in [9.17, 15) is 4.79 Å². The van der Waals surface area contributed by atoms with Crippen molar-refractivity contribution in [2.45, 2.75) is 0 Å². The number of anilines is 1. The first-order valence-electron chi connectivity index (χ1n) is 5.49. The van der Waals surface area contributed by atoms with Crippen LogP contribution in [0.2, 0.25) is 0 Å². The first-order chi connectivity index (χ1) is 8.84. The predicted molar refractivity (Wildman–Crippen MR) is 68.3 cm³/mol. The van der Waals surface area contributed by atoms with Gasteiger partial charge in [0, 0.05) is 11.6 Å². The molecule has 0 aliphatic heterocycles. The summed E-state index contributed by atoms with van der Waals surface area (Å²) in [5, 5.41) is 10.4. The fraction of sp³-hybridized carbons (Fsp3) is 0. The molecule has 18 heavy (non-hydrogen) atoms. The maximum Gasteiger partial charge on any atom is 0.259 e. The summed E-state index contributed by atoms with van der Waals surface area (Å²) in [5.41, 5.74) is 1.28. The number of hydrogen-bond donors (Lipinski definition) is 2. The highest BCUT2D eigenvalue weighted by Crippen LogP contribution is 2.16. The van der Waals surface area contributed by atoms with Crippen LogP contribution in [0.25, 0.3) is 10.9 Å². The third kappa shape index (κ3) is 1.82. The molecule has 0 radical (unpaired) electrons. The number of H-pyrrole nitrogens is 1. The Hall–Kier alpha value is -2.69.